The second kappa shape index (κ2) is 6.17. The minimum atomic E-state index is -0.916. The number of halogens is 1. The molecule has 0 aliphatic carbocycles. The summed E-state index contributed by atoms with van der Waals surface area (Å²) in [6.07, 6.45) is -0.916. The molecule has 1 aromatic carbocycles. The highest BCUT2D eigenvalue weighted by molar-refractivity contribution is 5.96. The van der Waals surface area contributed by atoms with Crippen LogP contribution >= 0.6 is 0 Å². The van der Waals surface area contributed by atoms with E-state index < -0.39 is 31.9 Å². The first-order valence-electron chi connectivity index (χ1n) is 5.00. The van der Waals surface area contributed by atoms with Crippen molar-refractivity contribution < 1.29 is 24.1 Å². The van der Waals surface area contributed by atoms with Gasteiger partial charge in [-0.2, -0.15) is 0 Å². The highest BCUT2D eigenvalue weighted by Crippen LogP contribution is 2.25. The van der Waals surface area contributed by atoms with Crippen LogP contribution < -0.4 is 10.5 Å². The van der Waals surface area contributed by atoms with Gasteiger partial charge in [-0.1, -0.05) is 12.1 Å². The number of aliphatic hydroxyl groups is 2. The Hall–Kier alpha value is -1.66. The van der Waals surface area contributed by atoms with Gasteiger partial charge in [0.05, 0.1) is 18.8 Å². The molecule has 0 bridgehead atoms. The molecule has 0 atom stereocenters. The van der Waals surface area contributed by atoms with Crippen LogP contribution in [-0.2, 0) is 6.67 Å². The van der Waals surface area contributed by atoms with Gasteiger partial charge < -0.3 is 20.7 Å². The van der Waals surface area contributed by atoms with Crippen LogP contribution in [0.5, 0.6) is 5.75 Å². The topological polar surface area (TPSA) is 92.8 Å². The Morgan fingerprint density at radius 2 is 2.06 bits per heavy atom. The van der Waals surface area contributed by atoms with Gasteiger partial charge in [-0.25, -0.2) is 4.39 Å². The van der Waals surface area contributed by atoms with Crippen LogP contribution in [0.4, 0.5) is 4.39 Å². The number of amides is 1. The fraction of sp³-hybridized carbons (Fsp3) is 0.364. The van der Waals surface area contributed by atoms with E-state index in [0.29, 0.717) is 0 Å². The van der Waals surface area contributed by atoms with Crippen molar-refractivity contribution >= 4 is 5.91 Å². The van der Waals surface area contributed by atoms with E-state index in [-0.39, 0.29) is 16.9 Å². The normalized spacial score (nSPS) is 10.6. The molecule has 5 nitrogen and oxygen atoms in total. The van der Waals surface area contributed by atoms with Crippen molar-refractivity contribution in [2.24, 2.45) is 5.73 Å². The number of nitrogens with two attached hydrogens (primary N) is 1. The summed E-state index contributed by atoms with van der Waals surface area (Å²) >= 11 is 0. The maximum atomic E-state index is 12.7. The van der Waals surface area contributed by atoms with Crippen molar-refractivity contribution in [2.45, 2.75) is 12.8 Å². The van der Waals surface area contributed by atoms with Crippen molar-refractivity contribution in [3.8, 4) is 5.75 Å². The number of alkyl halides is 1. The monoisotopic (exact) mass is 243 g/mol. The lowest BCUT2D eigenvalue weighted by atomic mass is 10.1. The predicted octanol–water partition coefficient (Wildman–Crippen LogP) is -0.0130. The zero-order valence-corrected chi connectivity index (χ0v) is 9.10. The average molecular weight is 243 g/mol. The molecule has 0 aliphatic rings. The summed E-state index contributed by atoms with van der Waals surface area (Å²) in [5, 5.41) is 17.8. The summed E-state index contributed by atoms with van der Waals surface area (Å²) in [4.78, 5) is 11.1. The average Bonchev–Trinajstić information content (AvgIpc) is 2.35. The van der Waals surface area contributed by atoms with Gasteiger partial charge in [-0.05, 0) is 6.07 Å². The lowest BCUT2D eigenvalue weighted by Crippen LogP contribution is -2.27. The highest BCUT2D eigenvalue weighted by atomic mass is 19.1. The standard InChI is InChI=1S/C11H14FNO4/c12-4-7-2-1-3-9(11(13)16)10(7)17-8(5-14)6-15/h1-3,8,14-15H,4-6H2,(H2,13,16). The molecular formula is C11H14FNO4. The first kappa shape index (κ1) is 13.4. The summed E-state index contributed by atoms with van der Waals surface area (Å²) in [6.45, 7) is -1.73. The van der Waals surface area contributed by atoms with E-state index in [0.717, 1.165) is 0 Å². The Kier molecular flexibility index (Phi) is 4.86. The summed E-state index contributed by atoms with van der Waals surface area (Å²) < 4.78 is 17.9. The minimum Gasteiger partial charge on any atom is -0.484 e. The SMILES string of the molecule is NC(=O)c1cccc(CF)c1OC(CO)CO. The second-order valence-corrected chi connectivity index (χ2v) is 3.40. The van der Waals surface area contributed by atoms with Gasteiger partial charge in [0.1, 0.15) is 18.5 Å². The van der Waals surface area contributed by atoms with Crippen LogP contribution in [0.3, 0.4) is 0 Å². The number of primary amides is 1. The van der Waals surface area contributed by atoms with Gasteiger partial charge in [0.2, 0.25) is 0 Å². The van der Waals surface area contributed by atoms with E-state index >= 15 is 0 Å². The zero-order valence-electron chi connectivity index (χ0n) is 9.10. The number of carbonyl (C=O) groups is 1. The van der Waals surface area contributed by atoms with E-state index in [4.69, 9.17) is 20.7 Å². The fourth-order valence-corrected chi connectivity index (χ4v) is 1.32. The second-order valence-electron chi connectivity index (χ2n) is 3.40. The first-order valence-corrected chi connectivity index (χ1v) is 5.00. The van der Waals surface area contributed by atoms with E-state index in [1.54, 1.807) is 0 Å². The summed E-state index contributed by atoms with van der Waals surface area (Å²) in [7, 11) is 0. The smallest absolute Gasteiger partial charge is 0.252 e. The number of hydrogen-bond acceptors (Lipinski definition) is 4. The molecule has 0 aromatic heterocycles. The highest BCUT2D eigenvalue weighted by Gasteiger charge is 2.17. The van der Waals surface area contributed by atoms with Crippen molar-refractivity contribution in [1.29, 1.82) is 0 Å². The number of hydrogen-bond donors (Lipinski definition) is 3. The molecule has 0 saturated heterocycles. The predicted molar refractivity (Wildman–Crippen MR) is 58.4 cm³/mol. The Bertz CT molecular complexity index is 393. The maximum Gasteiger partial charge on any atom is 0.252 e. The van der Waals surface area contributed by atoms with Crippen LogP contribution in [0.25, 0.3) is 0 Å². The van der Waals surface area contributed by atoms with E-state index in [2.05, 4.69) is 0 Å². The number of rotatable bonds is 6. The molecule has 17 heavy (non-hydrogen) atoms. The lowest BCUT2D eigenvalue weighted by Gasteiger charge is -2.18. The molecule has 0 fully saturated rings. The van der Waals surface area contributed by atoms with Crippen molar-refractivity contribution in [2.75, 3.05) is 13.2 Å². The molecule has 0 saturated carbocycles. The number of carbonyl (C=O) groups excluding carboxylic acids is 1. The molecule has 0 aliphatic heterocycles. The summed E-state index contributed by atoms with van der Waals surface area (Å²) in [6, 6.07) is 4.31. The summed E-state index contributed by atoms with van der Waals surface area (Å²) in [5.74, 6) is -0.791. The number of para-hydroxylation sites is 1. The quantitative estimate of drug-likeness (QED) is 0.655. The molecule has 0 heterocycles. The zero-order chi connectivity index (χ0) is 12.8. The number of aliphatic hydroxyl groups excluding tert-OH is 2. The Morgan fingerprint density at radius 1 is 1.41 bits per heavy atom. The van der Waals surface area contributed by atoms with Crippen LogP contribution in [-0.4, -0.2) is 35.4 Å². The molecule has 0 unspecified atom stereocenters. The molecule has 1 aromatic rings. The Labute approximate surface area is 97.6 Å². The van der Waals surface area contributed by atoms with E-state index in [1.807, 2.05) is 0 Å². The van der Waals surface area contributed by atoms with Crippen molar-refractivity contribution in [3.05, 3.63) is 29.3 Å². The molecule has 6 heteroatoms. The lowest BCUT2D eigenvalue weighted by molar-refractivity contribution is 0.0606. The molecule has 4 N–H and O–H groups in total. The largest absolute Gasteiger partial charge is 0.484 e. The molecule has 0 radical (unpaired) electrons. The Morgan fingerprint density at radius 3 is 2.53 bits per heavy atom. The molecular weight excluding hydrogens is 229 g/mol. The van der Waals surface area contributed by atoms with E-state index in [9.17, 15) is 9.18 Å². The summed E-state index contributed by atoms with van der Waals surface area (Å²) in [5.41, 5.74) is 5.30. The van der Waals surface area contributed by atoms with Gasteiger partial charge in [-0.15, -0.1) is 0 Å². The molecule has 1 rings (SSSR count). The van der Waals surface area contributed by atoms with E-state index in [1.165, 1.54) is 18.2 Å². The first-order chi connectivity index (χ1) is 8.13. The molecule has 0 spiro atoms. The van der Waals surface area contributed by atoms with Crippen LogP contribution in [0.1, 0.15) is 15.9 Å². The fourth-order valence-electron chi connectivity index (χ4n) is 1.32. The number of ether oxygens (including phenoxy) is 1. The molecule has 94 valence electrons. The molecule has 1 amide bonds. The van der Waals surface area contributed by atoms with Gasteiger partial charge in [-0.3, -0.25) is 4.79 Å². The van der Waals surface area contributed by atoms with Crippen LogP contribution in [0.2, 0.25) is 0 Å². The number of benzene rings is 1. The minimum absolute atomic E-state index is 0.0204. The Balaban J connectivity index is 3.12. The van der Waals surface area contributed by atoms with Crippen molar-refractivity contribution in [3.63, 3.8) is 0 Å². The van der Waals surface area contributed by atoms with Crippen molar-refractivity contribution in [1.82, 2.24) is 0 Å². The van der Waals surface area contributed by atoms with Crippen LogP contribution in [0, 0.1) is 0 Å². The maximum absolute atomic E-state index is 12.7. The van der Waals surface area contributed by atoms with Gasteiger partial charge in [0, 0.05) is 5.56 Å². The third-order valence-corrected chi connectivity index (χ3v) is 2.20. The third kappa shape index (κ3) is 3.15. The van der Waals surface area contributed by atoms with Crippen LogP contribution in [0.15, 0.2) is 18.2 Å². The van der Waals surface area contributed by atoms with Gasteiger partial charge >= 0.3 is 0 Å². The van der Waals surface area contributed by atoms with Gasteiger partial charge in [0.25, 0.3) is 5.91 Å². The van der Waals surface area contributed by atoms with Gasteiger partial charge in [0.15, 0.2) is 0 Å². The third-order valence-electron chi connectivity index (χ3n) is 2.20.